The molecule has 0 radical (unpaired) electrons. The molecule has 0 spiro atoms. The number of carbonyl (C=O) groups excluding carboxylic acids is 2. The highest BCUT2D eigenvalue weighted by Gasteiger charge is 2.30. The number of para-hydroxylation sites is 1. The number of rotatable bonds is 3. The number of hydrogen-bond donors (Lipinski definition) is 1. The number of benzene rings is 2. The molecule has 0 saturated carbocycles. The third kappa shape index (κ3) is 4.04. The van der Waals surface area contributed by atoms with Crippen LogP contribution in [0.25, 0.3) is 10.9 Å². The molecule has 2 heterocycles. The molecule has 4 rings (SSSR count). The van der Waals surface area contributed by atoms with E-state index < -0.39 is 0 Å². The summed E-state index contributed by atoms with van der Waals surface area (Å²) in [6.07, 6.45) is 0.406. The minimum absolute atomic E-state index is 0.00418. The van der Waals surface area contributed by atoms with E-state index in [9.17, 15) is 9.59 Å². The SMILES string of the molecule is Cc1cc(C)cc(CC(=O)N2CCN(C(=O)c3cc4ccccc4[nH]3)C[C@H]2C)c1. The zero-order valence-corrected chi connectivity index (χ0v) is 17.2. The number of aryl methyl sites for hydroxylation is 2. The number of hydrogen-bond acceptors (Lipinski definition) is 2. The van der Waals surface area contributed by atoms with Gasteiger partial charge < -0.3 is 14.8 Å². The van der Waals surface area contributed by atoms with Crippen LogP contribution in [0, 0.1) is 13.8 Å². The van der Waals surface area contributed by atoms with Crippen LogP contribution in [0.2, 0.25) is 0 Å². The molecule has 1 fully saturated rings. The highest BCUT2D eigenvalue weighted by atomic mass is 16.2. The normalized spacial score (nSPS) is 17.0. The third-order valence-corrected chi connectivity index (χ3v) is 5.63. The molecule has 5 nitrogen and oxygen atoms in total. The Balaban J connectivity index is 1.42. The third-order valence-electron chi connectivity index (χ3n) is 5.63. The number of amides is 2. The van der Waals surface area contributed by atoms with Crippen LogP contribution in [-0.2, 0) is 11.2 Å². The fourth-order valence-electron chi connectivity index (χ4n) is 4.32. The zero-order valence-electron chi connectivity index (χ0n) is 17.2. The van der Waals surface area contributed by atoms with Gasteiger partial charge in [-0.2, -0.15) is 0 Å². The van der Waals surface area contributed by atoms with Crippen LogP contribution in [0.1, 0.15) is 34.1 Å². The van der Waals surface area contributed by atoms with Crippen molar-refractivity contribution in [3.05, 3.63) is 70.9 Å². The molecule has 1 aromatic heterocycles. The first-order chi connectivity index (χ1) is 13.9. The molecular weight excluding hydrogens is 362 g/mol. The van der Waals surface area contributed by atoms with E-state index in [1.807, 2.05) is 47.1 Å². The maximum atomic E-state index is 12.9. The number of H-pyrrole nitrogens is 1. The van der Waals surface area contributed by atoms with E-state index in [2.05, 4.69) is 37.0 Å². The predicted octanol–water partition coefficient (Wildman–Crippen LogP) is 3.70. The molecule has 2 aromatic carbocycles. The molecule has 1 N–H and O–H groups in total. The quantitative estimate of drug-likeness (QED) is 0.743. The Kier molecular flexibility index (Phi) is 5.14. The van der Waals surface area contributed by atoms with Gasteiger partial charge in [-0.05, 0) is 38.5 Å². The Hall–Kier alpha value is -3.08. The van der Waals surface area contributed by atoms with Crippen molar-refractivity contribution in [1.29, 1.82) is 0 Å². The van der Waals surface area contributed by atoms with Crippen molar-refractivity contribution in [2.24, 2.45) is 0 Å². The van der Waals surface area contributed by atoms with Gasteiger partial charge in [0.25, 0.3) is 5.91 Å². The molecule has 1 atom stereocenters. The van der Waals surface area contributed by atoms with Gasteiger partial charge in [-0.3, -0.25) is 9.59 Å². The van der Waals surface area contributed by atoms with Crippen molar-refractivity contribution in [1.82, 2.24) is 14.8 Å². The molecule has 0 aliphatic carbocycles. The van der Waals surface area contributed by atoms with Crippen molar-refractivity contribution in [3.63, 3.8) is 0 Å². The summed E-state index contributed by atoms with van der Waals surface area (Å²) in [5.74, 6) is 0.120. The van der Waals surface area contributed by atoms with Crippen LogP contribution in [0.15, 0.2) is 48.5 Å². The molecule has 1 saturated heterocycles. The fourth-order valence-corrected chi connectivity index (χ4v) is 4.32. The standard InChI is InChI=1S/C24H27N3O2/c1-16-10-17(2)12-19(11-16)13-23(28)27-9-8-26(15-18(27)3)24(29)22-14-20-6-4-5-7-21(20)25-22/h4-7,10-12,14,18,25H,8-9,13,15H2,1-3H3/t18-/m1/s1. The van der Waals surface area contributed by atoms with E-state index in [-0.39, 0.29) is 17.9 Å². The monoisotopic (exact) mass is 389 g/mol. The maximum Gasteiger partial charge on any atom is 0.270 e. The van der Waals surface area contributed by atoms with Crippen molar-refractivity contribution < 1.29 is 9.59 Å². The number of aromatic amines is 1. The van der Waals surface area contributed by atoms with Gasteiger partial charge in [0.05, 0.1) is 6.42 Å². The maximum absolute atomic E-state index is 12.9. The second-order valence-electron chi connectivity index (χ2n) is 8.13. The summed E-state index contributed by atoms with van der Waals surface area (Å²) in [4.78, 5) is 32.8. The summed E-state index contributed by atoms with van der Waals surface area (Å²) >= 11 is 0. The molecule has 0 bridgehead atoms. The smallest absolute Gasteiger partial charge is 0.270 e. The lowest BCUT2D eigenvalue weighted by Crippen LogP contribution is -2.55. The summed E-state index contributed by atoms with van der Waals surface area (Å²) in [6.45, 7) is 7.79. The van der Waals surface area contributed by atoms with E-state index in [0.29, 0.717) is 31.7 Å². The number of carbonyl (C=O) groups is 2. The molecule has 5 heteroatoms. The summed E-state index contributed by atoms with van der Waals surface area (Å²) in [5, 5.41) is 1.03. The van der Waals surface area contributed by atoms with Gasteiger partial charge in [0, 0.05) is 36.6 Å². The van der Waals surface area contributed by atoms with E-state index in [4.69, 9.17) is 0 Å². The van der Waals surface area contributed by atoms with Gasteiger partial charge in [-0.15, -0.1) is 0 Å². The first kappa shape index (κ1) is 19.2. The van der Waals surface area contributed by atoms with E-state index in [1.54, 1.807) is 0 Å². The van der Waals surface area contributed by atoms with E-state index in [1.165, 1.54) is 11.1 Å². The summed E-state index contributed by atoms with van der Waals surface area (Å²) < 4.78 is 0. The molecule has 1 aliphatic rings. The van der Waals surface area contributed by atoms with Crippen LogP contribution in [0.5, 0.6) is 0 Å². The van der Waals surface area contributed by atoms with Gasteiger partial charge >= 0.3 is 0 Å². The van der Waals surface area contributed by atoms with E-state index >= 15 is 0 Å². The van der Waals surface area contributed by atoms with Crippen LogP contribution >= 0.6 is 0 Å². The minimum Gasteiger partial charge on any atom is -0.351 e. The highest BCUT2D eigenvalue weighted by molar-refractivity contribution is 5.98. The van der Waals surface area contributed by atoms with Crippen molar-refractivity contribution in [2.45, 2.75) is 33.2 Å². The molecule has 29 heavy (non-hydrogen) atoms. The lowest BCUT2D eigenvalue weighted by molar-refractivity contribution is -0.134. The van der Waals surface area contributed by atoms with Gasteiger partial charge in [0.2, 0.25) is 5.91 Å². The van der Waals surface area contributed by atoms with Crippen molar-refractivity contribution in [3.8, 4) is 0 Å². The van der Waals surface area contributed by atoms with E-state index in [0.717, 1.165) is 16.5 Å². The Bertz CT molecular complexity index is 1020. The van der Waals surface area contributed by atoms with Crippen LogP contribution < -0.4 is 0 Å². The largest absolute Gasteiger partial charge is 0.351 e. The molecule has 150 valence electrons. The average molecular weight is 389 g/mol. The number of nitrogens with one attached hydrogen (secondary N) is 1. The van der Waals surface area contributed by atoms with Crippen LogP contribution in [-0.4, -0.2) is 52.3 Å². The average Bonchev–Trinajstić information content (AvgIpc) is 3.10. The molecule has 3 aromatic rings. The lowest BCUT2D eigenvalue weighted by atomic mass is 10.0. The summed E-state index contributed by atoms with van der Waals surface area (Å²) in [6, 6.07) is 16.0. The van der Waals surface area contributed by atoms with Gasteiger partial charge in [0.15, 0.2) is 0 Å². The lowest BCUT2D eigenvalue weighted by Gasteiger charge is -2.39. The number of aromatic nitrogens is 1. The minimum atomic E-state index is -0.00513. The first-order valence-electron chi connectivity index (χ1n) is 10.1. The second kappa shape index (κ2) is 7.74. The van der Waals surface area contributed by atoms with Gasteiger partial charge in [0.1, 0.15) is 5.69 Å². The summed E-state index contributed by atoms with van der Waals surface area (Å²) in [5.41, 5.74) is 4.97. The first-order valence-corrected chi connectivity index (χ1v) is 10.1. The Morgan fingerprint density at radius 3 is 2.45 bits per heavy atom. The number of piperazine rings is 1. The van der Waals surface area contributed by atoms with Gasteiger partial charge in [-0.25, -0.2) is 0 Å². The highest BCUT2D eigenvalue weighted by Crippen LogP contribution is 2.19. The Morgan fingerprint density at radius 2 is 1.76 bits per heavy atom. The topological polar surface area (TPSA) is 56.4 Å². The van der Waals surface area contributed by atoms with Gasteiger partial charge in [-0.1, -0.05) is 47.5 Å². The Morgan fingerprint density at radius 1 is 1.03 bits per heavy atom. The van der Waals surface area contributed by atoms with Crippen LogP contribution in [0.3, 0.4) is 0 Å². The van der Waals surface area contributed by atoms with Crippen molar-refractivity contribution in [2.75, 3.05) is 19.6 Å². The van der Waals surface area contributed by atoms with Crippen molar-refractivity contribution >= 4 is 22.7 Å². The summed E-state index contributed by atoms with van der Waals surface area (Å²) in [7, 11) is 0. The number of fused-ring (bicyclic) bond motifs is 1. The molecule has 2 amide bonds. The zero-order chi connectivity index (χ0) is 20.5. The predicted molar refractivity (Wildman–Crippen MR) is 115 cm³/mol. The molecular formula is C24H27N3O2. The van der Waals surface area contributed by atoms with Crippen LogP contribution in [0.4, 0.5) is 0 Å². The molecule has 0 unspecified atom stereocenters. The number of nitrogens with zero attached hydrogens (tertiary/aromatic N) is 2. The molecule has 1 aliphatic heterocycles. The fraction of sp³-hybridized carbons (Fsp3) is 0.333. The second-order valence-corrected chi connectivity index (χ2v) is 8.13. The Labute approximate surface area is 171 Å².